The molecule has 2 unspecified atom stereocenters. The first-order valence-corrected chi connectivity index (χ1v) is 13.5. The average molecular weight is 471 g/mol. The summed E-state index contributed by atoms with van der Waals surface area (Å²) in [5.74, 6) is 1.99. The van der Waals surface area contributed by atoms with E-state index >= 15 is 0 Å². The lowest BCUT2D eigenvalue weighted by molar-refractivity contribution is 0.0477. The molecule has 1 aromatic heterocycles. The van der Waals surface area contributed by atoms with Crippen LogP contribution < -0.4 is 10.2 Å². The molecule has 2 aliphatic carbocycles. The quantitative estimate of drug-likeness (QED) is 0.632. The molecule has 1 aromatic carbocycles. The van der Waals surface area contributed by atoms with E-state index in [4.69, 9.17) is 9.11 Å². The summed E-state index contributed by atoms with van der Waals surface area (Å²) in [4.78, 5) is 17.4. The molecule has 0 bridgehead atoms. The highest BCUT2D eigenvalue weighted by molar-refractivity contribution is 7.13. The van der Waals surface area contributed by atoms with Crippen molar-refractivity contribution in [3.05, 3.63) is 24.3 Å². The molecule has 5 rings (SSSR count). The number of hydrogen-bond acceptors (Lipinski definition) is 6. The number of rotatable bonds is 5. The normalized spacial score (nSPS) is 28.3. The fourth-order valence-corrected chi connectivity index (χ4v) is 6.65. The van der Waals surface area contributed by atoms with Gasteiger partial charge in [0.25, 0.3) is 0 Å². The van der Waals surface area contributed by atoms with Crippen molar-refractivity contribution < 1.29 is 9.53 Å². The maximum Gasteiger partial charge on any atom is 0.407 e. The number of carbonyl (C=O) groups is 1. The Hall–Kier alpha value is -1.86. The third-order valence-corrected chi connectivity index (χ3v) is 8.54. The topological polar surface area (TPSA) is 57.7 Å². The van der Waals surface area contributed by atoms with Gasteiger partial charge in [0.1, 0.15) is 5.60 Å². The van der Waals surface area contributed by atoms with Crippen LogP contribution in [0.25, 0.3) is 10.1 Å². The van der Waals surface area contributed by atoms with Crippen LogP contribution in [0.3, 0.4) is 0 Å². The zero-order chi connectivity index (χ0) is 23.0. The van der Waals surface area contributed by atoms with Crippen LogP contribution in [0, 0.1) is 5.92 Å². The van der Waals surface area contributed by atoms with Gasteiger partial charge in [-0.05, 0) is 102 Å². The molecule has 7 heteroatoms. The lowest BCUT2D eigenvalue weighted by atomic mass is 9.80. The first kappa shape index (κ1) is 22.9. The molecule has 0 spiro atoms. The minimum atomic E-state index is -0.433. The second-order valence-electron chi connectivity index (χ2n) is 11.1. The molecule has 2 saturated carbocycles. The minimum absolute atomic E-state index is 0.267. The molecule has 0 radical (unpaired) electrons. The Balaban J connectivity index is 1.08. The van der Waals surface area contributed by atoms with E-state index < -0.39 is 5.60 Å². The van der Waals surface area contributed by atoms with Gasteiger partial charge in [-0.1, -0.05) is 12.1 Å². The van der Waals surface area contributed by atoms with Gasteiger partial charge in [0.2, 0.25) is 0 Å². The van der Waals surface area contributed by atoms with Crippen LogP contribution in [0.1, 0.15) is 65.7 Å². The van der Waals surface area contributed by atoms with Crippen molar-refractivity contribution in [3.8, 4) is 0 Å². The molecule has 2 heterocycles. The summed E-state index contributed by atoms with van der Waals surface area (Å²) in [6, 6.07) is 10.2. The van der Waals surface area contributed by atoms with E-state index in [0.29, 0.717) is 12.1 Å². The van der Waals surface area contributed by atoms with Crippen molar-refractivity contribution in [1.29, 1.82) is 0 Å². The van der Waals surface area contributed by atoms with Gasteiger partial charge in [-0.2, -0.15) is 4.37 Å². The van der Waals surface area contributed by atoms with Gasteiger partial charge < -0.3 is 15.0 Å². The summed E-state index contributed by atoms with van der Waals surface area (Å²) in [6.45, 7) is 9.17. The van der Waals surface area contributed by atoms with Crippen LogP contribution in [0.5, 0.6) is 0 Å². The number of fused-ring (bicyclic) bond motifs is 2. The fourth-order valence-electron chi connectivity index (χ4n) is 5.86. The van der Waals surface area contributed by atoms with Gasteiger partial charge in [-0.3, -0.25) is 4.90 Å². The number of carbonyl (C=O) groups excluding carboxylic acids is 1. The van der Waals surface area contributed by atoms with E-state index in [2.05, 4.69) is 39.4 Å². The Morgan fingerprint density at radius 3 is 2.58 bits per heavy atom. The first-order chi connectivity index (χ1) is 15.9. The number of anilines is 1. The van der Waals surface area contributed by atoms with Crippen LogP contribution in [0.15, 0.2) is 24.3 Å². The van der Waals surface area contributed by atoms with Gasteiger partial charge in [0, 0.05) is 36.6 Å². The molecule has 1 amide bonds. The second kappa shape index (κ2) is 9.41. The highest BCUT2D eigenvalue weighted by Crippen LogP contribution is 2.40. The van der Waals surface area contributed by atoms with Crippen molar-refractivity contribution >= 4 is 33.5 Å². The van der Waals surface area contributed by atoms with Gasteiger partial charge >= 0.3 is 6.09 Å². The summed E-state index contributed by atoms with van der Waals surface area (Å²) < 4.78 is 11.6. The van der Waals surface area contributed by atoms with Crippen molar-refractivity contribution in [2.75, 3.05) is 24.5 Å². The van der Waals surface area contributed by atoms with Gasteiger partial charge in [0.05, 0.1) is 4.70 Å². The zero-order valence-corrected chi connectivity index (χ0v) is 21.1. The van der Waals surface area contributed by atoms with Crippen LogP contribution in [0.2, 0.25) is 0 Å². The Morgan fingerprint density at radius 2 is 1.85 bits per heavy atom. The molecular weight excluding hydrogens is 432 g/mol. The highest BCUT2D eigenvalue weighted by atomic mass is 32.1. The molecule has 1 N–H and O–H groups in total. The molecular formula is C26H38N4O2S. The van der Waals surface area contributed by atoms with Crippen LogP contribution in [-0.2, 0) is 4.74 Å². The average Bonchev–Trinajstić information content (AvgIpc) is 3.16. The standard InChI is InChI=1S/C26H38N4O2S/c1-26(2,3)32-25(31)27-19-10-8-18(9-11-19)14-15-29-16-17-30(22-13-12-21(22)29)24-20-6-4-5-7-23(20)33-28-24/h4-7,18-19,21-22H,8-17H2,1-3H3,(H,27,31). The molecule has 1 saturated heterocycles. The van der Waals surface area contributed by atoms with Gasteiger partial charge in [0.15, 0.2) is 5.82 Å². The summed E-state index contributed by atoms with van der Waals surface area (Å²) in [5.41, 5.74) is -0.433. The predicted octanol–water partition coefficient (Wildman–Crippen LogP) is 5.42. The third-order valence-electron chi connectivity index (χ3n) is 7.72. The molecule has 2 aromatic rings. The van der Waals surface area contributed by atoms with Gasteiger partial charge in [-0.15, -0.1) is 0 Å². The number of ether oxygens (including phenoxy) is 1. The van der Waals surface area contributed by atoms with Gasteiger partial charge in [-0.25, -0.2) is 4.79 Å². The number of piperazine rings is 1. The largest absolute Gasteiger partial charge is 0.444 e. The lowest BCUT2D eigenvalue weighted by Gasteiger charge is -2.54. The maximum absolute atomic E-state index is 12.1. The Morgan fingerprint density at radius 1 is 1.09 bits per heavy atom. The molecule has 3 fully saturated rings. The monoisotopic (exact) mass is 470 g/mol. The number of nitrogens with zero attached hydrogens (tertiary/aromatic N) is 3. The maximum atomic E-state index is 12.1. The van der Waals surface area contributed by atoms with E-state index in [1.165, 1.54) is 54.6 Å². The molecule has 1 aliphatic heterocycles. The van der Waals surface area contributed by atoms with Crippen molar-refractivity contribution in [1.82, 2.24) is 14.6 Å². The molecule has 33 heavy (non-hydrogen) atoms. The highest BCUT2D eigenvalue weighted by Gasteiger charge is 2.43. The molecule has 180 valence electrons. The summed E-state index contributed by atoms with van der Waals surface area (Å²) >= 11 is 1.63. The van der Waals surface area contributed by atoms with E-state index in [0.717, 1.165) is 31.8 Å². The first-order valence-electron chi connectivity index (χ1n) is 12.7. The van der Waals surface area contributed by atoms with Crippen LogP contribution in [0.4, 0.5) is 10.6 Å². The smallest absolute Gasteiger partial charge is 0.407 e. The van der Waals surface area contributed by atoms with Crippen LogP contribution >= 0.6 is 11.5 Å². The fraction of sp³-hybridized carbons (Fsp3) is 0.692. The third kappa shape index (κ3) is 5.14. The van der Waals surface area contributed by atoms with Crippen molar-refractivity contribution in [2.45, 2.75) is 89.4 Å². The number of nitrogens with one attached hydrogen (secondary N) is 1. The van der Waals surface area contributed by atoms with E-state index in [9.17, 15) is 4.79 Å². The number of amides is 1. The summed E-state index contributed by atoms with van der Waals surface area (Å²) in [5, 5.41) is 4.39. The Kier molecular flexibility index (Phi) is 6.54. The molecule has 2 atom stereocenters. The van der Waals surface area contributed by atoms with Crippen molar-refractivity contribution in [3.63, 3.8) is 0 Å². The van der Waals surface area contributed by atoms with E-state index in [1.807, 2.05) is 20.8 Å². The van der Waals surface area contributed by atoms with E-state index in [1.54, 1.807) is 11.5 Å². The minimum Gasteiger partial charge on any atom is -0.444 e. The Labute approximate surface area is 201 Å². The number of hydrogen-bond donors (Lipinski definition) is 1. The number of benzene rings is 1. The zero-order valence-electron chi connectivity index (χ0n) is 20.3. The number of aromatic nitrogens is 1. The summed E-state index contributed by atoms with van der Waals surface area (Å²) in [7, 11) is 0. The second-order valence-corrected chi connectivity index (χ2v) is 11.9. The van der Waals surface area contributed by atoms with E-state index in [-0.39, 0.29) is 12.1 Å². The van der Waals surface area contributed by atoms with Crippen molar-refractivity contribution in [2.24, 2.45) is 5.92 Å². The lowest BCUT2D eigenvalue weighted by Crippen LogP contribution is -2.65. The summed E-state index contributed by atoms with van der Waals surface area (Å²) in [6.07, 6.45) is 8.17. The van der Waals surface area contributed by atoms with Crippen LogP contribution in [-0.4, -0.2) is 58.7 Å². The SMILES string of the molecule is CC(C)(C)OC(=O)NC1CCC(CCN2CCN(c3nsc4ccccc34)C3CCC32)CC1. The number of alkyl carbamates (subject to hydrolysis) is 1. The predicted molar refractivity (Wildman–Crippen MR) is 135 cm³/mol. The molecule has 3 aliphatic rings. The Bertz CT molecular complexity index is 963. The molecule has 6 nitrogen and oxygen atoms in total.